The van der Waals surface area contributed by atoms with E-state index in [1.54, 1.807) is 0 Å². The summed E-state index contributed by atoms with van der Waals surface area (Å²) >= 11 is 0. The summed E-state index contributed by atoms with van der Waals surface area (Å²) in [6, 6.07) is 76.1. The quantitative estimate of drug-likeness (QED) is 0.162. The molecule has 300 valence electrons. The highest BCUT2D eigenvalue weighted by molar-refractivity contribution is 6.37. The Kier molecular flexibility index (Phi) is 7.65. The molecule has 4 nitrogen and oxygen atoms in total. The number of para-hydroxylation sites is 1. The van der Waals surface area contributed by atoms with Crippen LogP contribution in [0.5, 0.6) is 0 Å². The molecule has 0 aliphatic heterocycles. The third-order valence-corrected chi connectivity index (χ3v) is 13.4. The van der Waals surface area contributed by atoms with Gasteiger partial charge in [0.05, 0.1) is 0 Å². The van der Waals surface area contributed by atoms with Crippen LogP contribution in [0.25, 0.3) is 143 Å². The SMILES string of the molecule is c1ccc(-c2nc(-c3ccc4c(c3)oc3ccccc34)nc(-c3ccccc3-c3ccc(-c4cc5ccc6cccc7c8cccc9ccc%10cccc(c(c4)c5c67)c%10c98)cc3)n2)cc1. The minimum absolute atomic E-state index is 0.587. The summed E-state index contributed by atoms with van der Waals surface area (Å²) < 4.78 is 6.29. The van der Waals surface area contributed by atoms with Gasteiger partial charge in [0.1, 0.15) is 11.2 Å². The van der Waals surface area contributed by atoms with Crippen LogP contribution in [0.1, 0.15) is 0 Å². The molecule has 0 radical (unpaired) electrons. The van der Waals surface area contributed by atoms with Crippen molar-refractivity contribution in [1.29, 1.82) is 0 Å². The summed E-state index contributed by atoms with van der Waals surface area (Å²) in [5.41, 5.74) is 8.82. The van der Waals surface area contributed by atoms with Crippen molar-refractivity contribution < 1.29 is 4.42 Å². The summed E-state index contributed by atoms with van der Waals surface area (Å²) in [4.78, 5) is 15.4. The zero-order valence-electron chi connectivity index (χ0n) is 35.0. The molecule has 65 heavy (non-hydrogen) atoms. The Labute approximate surface area is 373 Å². The molecule has 0 aliphatic carbocycles. The van der Waals surface area contributed by atoms with Gasteiger partial charge in [-0.15, -0.1) is 0 Å². The number of aromatic nitrogens is 3. The summed E-state index contributed by atoms with van der Waals surface area (Å²) in [5.74, 6) is 1.81. The lowest BCUT2D eigenvalue weighted by Gasteiger charge is -2.17. The Morgan fingerprint density at radius 1 is 0.246 bits per heavy atom. The van der Waals surface area contributed by atoms with Crippen molar-refractivity contribution in [3.8, 4) is 56.4 Å². The molecule has 0 spiro atoms. The van der Waals surface area contributed by atoms with Crippen LogP contribution < -0.4 is 0 Å². The second-order valence-electron chi connectivity index (χ2n) is 17.1. The number of fused-ring (bicyclic) bond motifs is 5. The number of benzene rings is 11. The van der Waals surface area contributed by atoms with Gasteiger partial charge in [-0.05, 0) is 117 Å². The average molecular weight is 826 g/mol. The molecule has 0 fully saturated rings. The maximum atomic E-state index is 6.29. The van der Waals surface area contributed by atoms with Crippen LogP contribution in [0.3, 0.4) is 0 Å². The van der Waals surface area contributed by atoms with Crippen LogP contribution in [-0.2, 0) is 0 Å². The Balaban J connectivity index is 0.925. The van der Waals surface area contributed by atoms with Gasteiger partial charge in [-0.25, -0.2) is 15.0 Å². The van der Waals surface area contributed by atoms with E-state index in [0.29, 0.717) is 17.5 Å². The molecule has 0 bridgehead atoms. The number of hydrogen-bond acceptors (Lipinski definition) is 4. The van der Waals surface area contributed by atoms with Crippen molar-refractivity contribution in [2.24, 2.45) is 0 Å². The van der Waals surface area contributed by atoms with Gasteiger partial charge in [0, 0.05) is 27.5 Å². The standard InChI is InChI=1S/C61H35N3O/c1-2-11-41(12-3-1)59-62-60(43-31-32-47-46-17-6-7-22-53(46)65-54(47)35-43)64-61(63-59)51-18-5-4-16-45(51)37-25-23-36(24-26-37)44-33-42-30-29-40-14-9-20-49-48-19-8-13-38-27-28-39-15-10-21-50(57(39)55(38)48)52(34-44)58(42)56(40)49/h1-35H. The Morgan fingerprint density at radius 2 is 0.754 bits per heavy atom. The summed E-state index contributed by atoms with van der Waals surface area (Å²) in [6.07, 6.45) is 0. The van der Waals surface area contributed by atoms with Gasteiger partial charge < -0.3 is 4.42 Å². The molecule has 14 rings (SSSR count). The average Bonchev–Trinajstić information content (AvgIpc) is 3.75. The first-order valence-electron chi connectivity index (χ1n) is 22.1. The van der Waals surface area contributed by atoms with E-state index in [1.165, 1.54) is 70.2 Å². The molecule has 0 unspecified atom stereocenters. The Bertz CT molecular complexity index is 4220. The molecule has 2 heterocycles. The van der Waals surface area contributed by atoms with Crippen LogP contribution in [0.4, 0.5) is 0 Å². The lowest BCUT2D eigenvalue weighted by molar-refractivity contribution is 0.669. The van der Waals surface area contributed by atoms with Gasteiger partial charge in [0.25, 0.3) is 0 Å². The molecular weight excluding hydrogens is 791 g/mol. The fraction of sp³-hybridized carbons (Fsp3) is 0. The summed E-state index contributed by atoms with van der Waals surface area (Å²) in [5, 5.41) is 17.5. The number of rotatable bonds is 5. The fourth-order valence-electron chi connectivity index (χ4n) is 10.4. The first-order chi connectivity index (χ1) is 32.2. The summed E-state index contributed by atoms with van der Waals surface area (Å²) in [6.45, 7) is 0. The van der Waals surface area contributed by atoms with E-state index < -0.39 is 0 Å². The Morgan fingerprint density at radius 3 is 1.46 bits per heavy atom. The molecule has 12 aromatic carbocycles. The maximum Gasteiger partial charge on any atom is 0.164 e. The first kappa shape index (κ1) is 35.8. The van der Waals surface area contributed by atoms with E-state index in [-0.39, 0.29) is 0 Å². The smallest absolute Gasteiger partial charge is 0.164 e. The van der Waals surface area contributed by atoms with Gasteiger partial charge in [0.2, 0.25) is 0 Å². The zero-order valence-corrected chi connectivity index (χ0v) is 35.0. The largest absolute Gasteiger partial charge is 0.456 e. The van der Waals surface area contributed by atoms with Crippen LogP contribution in [0.15, 0.2) is 217 Å². The third-order valence-electron chi connectivity index (χ3n) is 13.4. The molecule has 0 amide bonds. The number of furan rings is 1. The van der Waals surface area contributed by atoms with Crippen molar-refractivity contribution >= 4 is 86.6 Å². The van der Waals surface area contributed by atoms with Crippen LogP contribution in [0, 0.1) is 0 Å². The van der Waals surface area contributed by atoms with E-state index in [4.69, 9.17) is 19.4 Å². The van der Waals surface area contributed by atoms with E-state index in [0.717, 1.165) is 55.3 Å². The van der Waals surface area contributed by atoms with Crippen molar-refractivity contribution in [3.05, 3.63) is 212 Å². The zero-order chi connectivity index (χ0) is 42.6. The van der Waals surface area contributed by atoms with Crippen LogP contribution in [0.2, 0.25) is 0 Å². The van der Waals surface area contributed by atoms with Gasteiger partial charge in [-0.3, -0.25) is 0 Å². The van der Waals surface area contributed by atoms with E-state index in [2.05, 4.69) is 158 Å². The highest BCUT2D eigenvalue weighted by Crippen LogP contribution is 2.45. The van der Waals surface area contributed by atoms with Gasteiger partial charge in [0.15, 0.2) is 17.5 Å². The fourth-order valence-corrected chi connectivity index (χ4v) is 10.4. The predicted molar refractivity (Wildman–Crippen MR) is 271 cm³/mol. The number of nitrogens with zero attached hydrogens (tertiary/aromatic N) is 3. The molecule has 4 heteroatoms. The van der Waals surface area contributed by atoms with Crippen molar-refractivity contribution in [1.82, 2.24) is 15.0 Å². The minimum Gasteiger partial charge on any atom is -0.456 e. The van der Waals surface area contributed by atoms with Gasteiger partial charge in [-0.1, -0.05) is 182 Å². The van der Waals surface area contributed by atoms with E-state index in [1.807, 2.05) is 54.6 Å². The predicted octanol–water partition coefficient (Wildman–Crippen LogP) is 16.5. The Hall–Kier alpha value is -8.73. The van der Waals surface area contributed by atoms with Gasteiger partial charge >= 0.3 is 0 Å². The third kappa shape index (κ3) is 5.54. The highest BCUT2D eigenvalue weighted by atomic mass is 16.3. The van der Waals surface area contributed by atoms with Crippen LogP contribution >= 0.6 is 0 Å². The number of hydrogen-bond donors (Lipinski definition) is 0. The van der Waals surface area contributed by atoms with Crippen molar-refractivity contribution in [2.45, 2.75) is 0 Å². The van der Waals surface area contributed by atoms with E-state index >= 15 is 0 Å². The van der Waals surface area contributed by atoms with Crippen molar-refractivity contribution in [3.63, 3.8) is 0 Å². The molecule has 0 N–H and O–H groups in total. The van der Waals surface area contributed by atoms with Crippen LogP contribution in [-0.4, -0.2) is 15.0 Å². The minimum atomic E-state index is 0.587. The topological polar surface area (TPSA) is 51.8 Å². The lowest BCUT2D eigenvalue weighted by atomic mass is 9.86. The van der Waals surface area contributed by atoms with Gasteiger partial charge in [-0.2, -0.15) is 0 Å². The molecule has 0 atom stereocenters. The molecule has 14 aromatic rings. The molecule has 0 saturated heterocycles. The van der Waals surface area contributed by atoms with E-state index in [9.17, 15) is 0 Å². The maximum absolute atomic E-state index is 6.29. The normalized spacial score (nSPS) is 12.0. The second-order valence-corrected chi connectivity index (χ2v) is 17.1. The molecular formula is C61H35N3O. The first-order valence-corrected chi connectivity index (χ1v) is 22.1. The summed E-state index contributed by atoms with van der Waals surface area (Å²) in [7, 11) is 0. The lowest BCUT2D eigenvalue weighted by Crippen LogP contribution is -2.01. The monoisotopic (exact) mass is 825 g/mol. The molecule has 2 aromatic heterocycles. The van der Waals surface area contributed by atoms with Crippen molar-refractivity contribution in [2.75, 3.05) is 0 Å². The molecule has 0 saturated carbocycles. The molecule has 0 aliphatic rings. The second kappa shape index (κ2) is 13.9. The highest BCUT2D eigenvalue weighted by Gasteiger charge is 2.19.